The van der Waals surface area contributed by atoms with Crippen molar-refractivity contribution in [3.05, 3.63) is 241 Å². The maximum Gasteiger partial charge on any atom is 0.160 e. The number of amidine groups is 2. The molecule has 10 aromatic rings. The first kappa shape index (κ1) is 35.3. The first-order chi connectivity index (χ1) is 29.7. The fourth-order valence-electron chi connectivity index (χ4n) is 8.85. The SMILES string of the molecule is c1ccc(-c2ccc3cccc(C4=NC(c5ccccc5-c5cccc6ccccc56)NC(c5cccc(-c6ccc(-c7ccccc7)c7ccccc67)c5)=N4)c3c2)cc1. The van der Waals surface area contributed by atoms with E-state index in [4.69, 9.17) is 9.98 Å². The molecule has 10 aromatic carbocycles. The molecular formula is C57H39N3. The smallest absolute Gasteiger partial charge is 0.160 e. The highest BCUT2D eigenvalue weighted by atomic mass is 15.2. The molecule has 0 aromatic heterocycles. The van der Waals surface area contributed by atoms with Gasteiger partial charge in [0.2, 0.25) is 0 Å². The molecule has 0 amide bonds. The van der Waals surface area contributed by atoms with E-state index < -0.39 is 6.17 Å². The summed E-state index contributed by atoms with van der Waals surface area (Å²) < 4.78 is 0. The van der Waals surface area contributed by atoms with Crippen molar-refractivity contribution in [2.24, 2.45) is 9.98 Å². The predicted octanol–water partition coefficient (Wildman–Crippen LogP) is 14.3. The number of benzene rings is 10. The average Bonchev–Trinajstić information content (AvgIpc) is 3.33. The quantitative estimate of drug-likeness (QED) is 0.172. The number of hydrogen-bond acceptors (Lipinski definition) is 3. The van der Waals surface area contributed by atoms with Gasteiger partial charge in [-0.2, -0.15) is 0 Å². The van der Waals surface area contributed by atoms with Crippen LogP contribution in [0, 0.1) is 0 Å². The molecule has 0 saturated heterocycles. The number of fused-ring (bicyclic) bond motifs is 3. The Morgan fingerprint density at radius 2 is 0.867 bits per heavy atom. The highest BCUT2D eigenvalue weighted by Gasteiger charge is 2.25. The lowest BCUT2D eigenvalue weighted by molar-refractivity contribution is 0.676. The van der Waals surface area contributed by atoms with Crippen molar-refractivity contribution < 1.29 is 0 Å². The first-order valence-electron chi connectivity index (χ1n) is 20.5. The third kappa shape index (κ3) is 6.43. The normalized spacial score (nSPS) is 13.8. The lowest BCUT2D eigenvalue weighted by atomic mass is 9.91. The van der Waals surface area contributed by atoms with Crippen LogP contribution in [0.1, 0.15) is 22.9 Å². The molecule has 1 unspecified atom stereocenters. The highest BCUT2D eigenvalue weighted by Crippen LogP contribution is 2.38. The number of rotatable bonds is 7. The molecule has 0 fully saturated rings. The Kier molecular flexibility index (Phi) is 8.90. The molecule has 0 spiro atoms. The molecule has 0 radical (unpaired) electrons. The Hall–Kier alpha value is -7.88. The van der Waals surface area contributed by atoms with Crippen LogP contribution in [0.25, 0.3) is 76.8 Å². The van der Waals surface area contributed by atoms with E-state index in [0.29, 0.717) is 5.84 Å². The summed E-state index contributed by atoms with van der Waals surface area (Å²) in [5, 5.41) is 11.0. The summed E-state index contributed by atoms with van der Waals surface area (Å²) in [6.07, 6.45) is -0.412. The van der Waals surface area contributed by atoms with Crippen LogP contribution < -0.4 is 5.32 Å². The fourth-order valence-corrected chi connectivity index (χ4v) is 8.85. The Morgan fingerprint density at radius 1 is 0.317 bits per heavy atom. The van der Waals surface area contributed by atoms with Gasteiger partial charge in [-0.05, 0) is 89.0 Å². The molecule has 3 heteroatoms. The van der Waals surface area contributed by atoms with Gasteiger partial charge in [0.1, 0.15) is 12.0 Å². The summed E-state index contributed by atoms with van der Waals surface area (Å²) in [5.74, 6) is 1.47. The summed E-state index contributed by atoms with van der Waals surface area (Å²) in [5.41, 5.74) is 12.5. The maximum atomic E-state index is 5.49. The third-order valence-corrected chi connectivity index (χ3v) is 11.8. The van der Waals surface area contributed by atoms with Crippen molar-refractivity contribution in [3.8, 4) is 44.5 Å². The fraction of sp³-hybridized carbons (Fsp3) is 0.0175. The lowest BCUT2D eigenvalue weighted by Gasteiger charge is -2.26. The minimum atomic E-state index is -0.412. The number of hydrogen-bond donors (Lipinski definition) is 1. The zero-order valence-electron chi connectivity index (χ0n) is 32.8. The van der Waals surface area contributed by atoms with Gasteiger partial charge in [0.05, 0.1) is 0 Å². The molecule has 1 aliphatic rings. The van der Waals surface area contributed by atoms with Crippen molar-refractivity contribution in [1.29, 1.82) is 0 Å². The van der Waals surface area contributed by atoms with Gasteiger partial charge in [-0.1, -0.05) is 212 Å². The maximum absolute atomic E-state index is 5.49. The van der Waals surface area contributed by atoms with Crippen LogP contribution in [0.2, 0.25) is 0 Å². The molecule has 1 N–H and O–H groups in total. The van der Waals surface area contributed by atoms with Gasteiger partial charge in [-0.3, -0.25) is 0 Å². The molecule has 0 aliphatic carbocycles. The van der Waals surface area contributed by atoms with Gasteiger partial charge < -0.3 is 5.32 Å². The van der Waals surface area contributed by atoms with E-state index in [0.717, 1.165) is 50.0 Å². The zero-order chi connectivity index (χ0) is 39.8. The Balaban J connectivity index is 1.08. The van der Waals surface area contributed by atoms with Crippen LogP contribution >= 0.6 is 0 Å². The van der Waals surface area contributed by atoms with E-state index >= 15 is 0 Å². The topological polar surface area (TPSA) is 36.8 Å². The molecule has 3 nitrogen and oxygen atoms in total. The first-order valence-corrected chi connectivity index (χ1v) is 20.5. The molecule has 0 bridgehead atoms. The van der Waals surface area contributed by atoms with Gasteiger partial charge in [0, 0.05) is 16.7 Å². The average molecular weight is 766 g/mol. The predicted molar refractivity (Wildman–Crippen MR) is 253 cm³/mol. The van der Waals surface area contributed by atoms with Gasteiger partial charge in [-0.15, -0.1) is 0 Å². The van der Waals surface area contributed by atoms with Crippen molar-refractivity contribution in [1.82, 2.24) is 5.32 Å². The summed E-state index contributed by atoms with van der Waals surface area (Å²) in [4.78, 5) is 10.9. The van der Waals surface area contributed by atoms with Crippen LogP contribution in [0.5, 0.6) is 0 Å². The summed E-state index contributed by atoms with van der Waals surface area (Å²) in [6.45, 7) is 0. The highest BCUT2D eigenvalue weighted by molar-refractivity contribution is 6.18. The lowest BCUT2D eigenvalue weighted by Crippen LogP contribution is -2.34. The zero-order valence-corrected chi connectivity index (χ0v) is 32.8. The molecule has 0 saturated carbocycles. The van der Waals surface area contributed by atoms with Crippen molar-refractivity contribution in [3.63, 3.8) is 0 Å². The van der Waals surface area contributed by atoms with Crippen LogP contribution in [-0.2, 0) is 0 Å². The van der Waals surface area contributed by atoms with Crippen LogP contribution in [0.4, 0.5) is 0 Å². The van der Waals surface area contributed by atoms with Crippen LogP contribution in [-0.4, -0.2) is 11.7 Å². The second-order valence-electron chi connectivity index (χ2n) is 15.3. The molecule has 1 atom stereocenters. The second kappa shape index (κ2) is 15.1. The van der Waals surface area contributed by atoms with E-state index in [1.54, 1.807) is 0 Å². The van der Waals surface area contributed by atoms with Gasteiger partial charge in [0.25, 0.3) is 0 Å². The standard InChI is InChI=1S/C57H39N3/c1-3-16-38(17-4-1)42-33-32-41-22-15-31-53(54(41)37-42)57-59-55(58-56(60-57)52-29-12-11-28-51(52)50-30-14-21-40-20-7-8-25-45(40)50)44-24-13-23-43(36-44)47-35-34-46(39-18-5-2-6-19-39)48-26-9-10-27-49(47)48/h1-37,56H,(H,58,59,60). The Bertz CT molecular complexity index is 3290. The van der Waals surface area contributed by atoms with E-state index in [1.165, 1.54) is 49.4 Å². The molecule has 282 valence electrons. The number of nitrogens with one attached hydrogen (secondary N) is 1. The summed E-state index contributed by atoms with van der Waals surface area (Å²) >= 11 is 0. The Morgan fingerprint density at radius 3 is 1.65 bits per heavy atom. The molecular weight excluding hydrogens is 727 g/mol. The monoisotopic (exact) mass is 765 g/mol. The largest absolute Gasteiger partial charge is 0.344 e. The van der Waals surface area contributed by atoms with Crippen molar-refractivity contribution in [2.45, 2.75) is 6.17 Å². The van der Waals surface area contributed by atoms with Crippen molar-refractivity contribution >= 4 is 44.0 Å². The van der Waals surface area contributed by atoms with Crippen LogP contribution in [0.15, 0.2) is 234 Å². The van der Waals surface area contributed by atoms with Gasteiger partial charge in [-0.25, -0.2) is 9.98 Å². The van der Waals surface area contributed by atoms with E-state index in [9.17, 15) is 0 Å². The summed E-state index contributed by atoms with van der Waals surface area (Å²) in [6, 6.07) is 80.1. The van der Waals surface area contributed by atoms with Crippen LogP contribution in [0.3, 0.4) is 0 Å². The van der Waals surface area contributed by atoms with E-state index in [1.807, 2.05) is 0 Å². The molecule has 60 heavy (non-hydrogen) atoms. The second-order valence-corrected chi connectivity index (χ2v) is 15.3. The summed E-state index contributed by atoms with van der Waals surface area (Å²) in [7, 11) is 0. The molecule has 1 heterocycles. The number of aliphatic imine (C=N–C) groups is 2. The van der Waals surface area contributed by atoms with E-state index in [-0.39, 0.29) is 0 Å². The van der Waals surface area contributed by atoms with Gasteiger partial charge in [0.15, 0.2) is 5.84 Å². The minimum absolute atomic E-state index is 0.412. The third-order valence-electron chi connectivity index (χ3n) is 11.8. The van der Waals surface area contributed by atoms with Crippen molar-refractivity contribution in [2.75, 3.05) is 0 Å². The molecule has 1 aliphatic heterocycles. The Labute approximate surface area is 349 Å². The molecule has 11 rings (SSSR count). The van der Waals surface area contributed by atoms with Gasteiger partial charge >= 0.3 is 0 Å². The minimum Gasteiger partial charge on any atom is -0.344 e. The number of nitrogens with zero attached hydrogens (tertiary/aromatic N) is 2. The van der Waals surface area contributed by atoms with E-state index in [2.05, 4.69) is 230 Å².